The van der Waals surface area contributed by atoms with E-state index in [1.165, 1.54) is 0 Å². The van der Waals surface area contributed by atoms with Gasteiger partial charge in [0.15, 0.2) is 0 Å². The lowest BCUT2D eigenvalue weighted by atomic mass is 10.1. The summed E-state index contributed by atoms with van der Waals surface area (Å²) < 4.78 is 5.27. The lowest BCUT2D eigenvalue weighted by Gasteiger charge is -2.13. The SMILES string of the molecule is COc1c(C)cccc1C(Br)C(C)=O. The summed E-state index contributed by atoms with van der Waals surface area (Å²) in [5.74, 6) is 0.860. The van der Waals surface area contributed by atoms with Crippen molar-refractivity contribution in [2.45, 2.75) is 18.7 Å². The number of alkyl halides is 1. The van der Waals surface area contributed by atoms with Crippen LogP contribution in [-0.4, -0.2) is 12.9 Å². The summed E-state index contributed by atoms with van der Waals surface area (Å²) >= 11 is 3.35. The molecule has 76 valence electrons. The van der Waals surface area contributed by atoms with Crippen molar-refractivity contribution in [1.29, 1.82) is 0 Å². The van der Waals surface area contributed by atoms with Gasteiger partial charge >= 0.3 is 0 Å². The number of Topliss-reactive ketones (excluding diaryl/α,β-unsaturated/α-hetero) is 1. The van der Waals surface area contributed by atoms with E-state index in [2.05, 4.69) is 15.9 Å². The third-order valence-electron chi connectivity index (χ3n) is 2.08. The van der Waals surface area contributed by atoms with Crippen LogP contribution in [0.15, 0.2) is 18.2 Å². The lowest BCUT2D eigenvalue weighted by molar-refractivity contribution is -0.116. The third kappa shape index (κ3) is 2.15. The van der Waals surface area contributed by atoms with Gasteiger partial charge in [0.05, 0.1) is 7.11 Å². The van der Waals surface area contributed by atoms with Crippen LogP contribution in [0.1, 0.15) is 22.9 Å². The maximum Gasteiger partial charge on any atom is 0.147 e. The minimum Gasteiger partial charge on any atom is -0.496 e. The van der Waals surface area contributed by atoms with Gasteiger partial charge in [0.1, 0.15) is 16.4 Å². The number of carbonyl (C=O) groups is 1. The number of rotatable bonds is 3. The van der Waals surface area contributed by atoms with E-state index in [0.717, 1.165) is 16.9 Å². The number of para-hydroxylation sites is 1. The summed E-state index contributed by atoms with van der Waals surface area (Å²) in [6, 6.07) is 5.78. The number of hydrogen-bond acceptors (Lipinski definition) is 2. The molecule has 0 amide bonds. The van der Waals surface area contributed by atoms with Gasteiger partial charge in [-0.2, -0.15) is 0 Å². The molecule has 0 aromatic heterocycles. The zero-order valence-corrected chi connectivity index (χ0v) is 10.1. The first kappa shape index (κ1) is 11.2. The van der Waals surface area contributed by atoms with Crippen LogP contribution in [0.3, 0.4) is 0 Å². The minimum absolute atomic E-state index is 0.0777. The number of methoxy groups -OCH3 is 1. The first-order valence-corrected chi connectivity index (χ1v) is 5.27. The van der Waals surface area contributed by atoms with Gasteiger partial charge in [-0.1, -0.05) is 34.1 Å². The average Bonchev–Trinajstić information content (AvgIpc) is 2.16. The molecule has 0 aliphatic rings. The van der Waals surface area contributed by atoms with Crippen molar-refractivity contribution in [3.63, 3.8) is 0 Å². The minimum atomic E-state index is -0.280. The van der Waals surface area contributed by atoms with Crippen LogP contribution >= 0.6 is 15.9 Å². The third-order valence-corrected chi connectivity index (χ3v) is 3.21. The van der Waals surface area contributed by atoms with Crippen molar-refractivity contribution in [3.8, 4) is 5.75 Å². The van der Waals surface area contributed by atoms with Gasteiger partial charge in [-0.3, -0.25) is 4.79 Å². The highest BCUT2D eigenvalue weighted by atomic mass is 79.9. The first-order valence-electron chi connectivity index (χ1n) is 4.36. The largest absolute Gasteiger partial charge is 0.496 e. The molecule has 1 aromatic carbocycles. The van der Waals surface area contributed by atoms with Crippen molar-refractivity contribution >= 4 is 21.7 Å². The molecule has 0 aliphatic heterocycles. The van der Waals surface area contributed by atoms with E-state index < -0.39 is 0 Å². The predicted molar refractivity (Wildman–Crippen MR) is 60.1 cm³/mol. The molecule has 1 atom stereocenters. The van der Waals surface area contributed by atoms with Gasteiger partial charge in [0.2, 0.25) is 0 Å². The summed E-state index contributed by atoms with van der Waals surface area (Å²) in [7, 11) is 1.62. The van der Waals surface area contributed by atoms with Gasteiger partial charge in [0.25, 0.3) is 0 Å². The summed E-state index contributed by atoms with van der Waals surface area (Å²) in [5, 5.41) is 0. The number of carbonyl (C=O) groups excluding carboxylic acids is 1. The molecule has 0 spiro atoms. The average molecular weight is 257 g/mol. The summed E-state index contributed by atoms with van der Waals surface area (Å²) in [5.41, 5.74) is 1.93. The van der Waals surface area contributed by atoms with E-state index in [0.29, 0.717) is 0 Å². The van der Waals surface area contributed by atoms with Crippen molar-refractivity contribution in [3.05, 3.63) is 29.3 Å². The second kappa shape index (κ2) is 4.60. The molecule has 0 N–H and O–H groups in total. The molecule has 0 bridgehead atoms. The van der Waals surface area contributed by atoms with Gasteiger partial charge in [0, 0.05) is 5.56 Å². The van der Waals surface area contributed by atoms with E-state index in [1.54, 1.807) is 14.0 Å². The molecule has 1 aromatic rings. The topological polar surface area (TPSA) is 26.3 Å². The van der Waals surface area contributed by atoms with Crippen molar-refractivity contribution in [1.82, 2.24) is 0 Å². The highest BCUT2D eigenvalue weighted by molar-refractivity contribution is 9.09. The van der Waals surface area contributed by atoms with Gasteiger partial charge in [-0.15, -0.1) is 0 Å². The number of benzene rings is 1. The first-order chi connectivity index (χ1) is 6.57. The number of ether oxygens (including phenoxy) is 1. The Labute approximate surface area is 92.4 Å². The number of aryl methyl sites for hydroxylation is 1. The molecule has 0 aliphatic carbocycles. The van der Waals surface area contributed by atoms with E-state index in [-0.39, 0.29) is 10.6 Å². The standard InChI is InChI=1S/C11H13BrO2/c1-7-5-4-6-9(11(7)14-3)10(12)8(2)13/h4-6,10H,1-3H3. The molecule has 2 nitrogen and oxygen atoms in total. The van der Waals surface area contributed by atoms with Gasteiger partial charge < -0.3 is 4.74 Å². The van der Waals surface area contributed by atoms with Crippen molar-refractivity contribution in [2.75, 3.05) is 7.11 Å². The zero-order chi connectivity index (χ0) is 10.7. The Hall–Kier alpha value is -0.830. The Morgan fingerprint density at radius 1 is 1.50 bits per heavy atom. The number of hydrogen-bond donors (Lipinski definition) is 0. The molecule has 0 fully saturated rings. The summed E-state index contributed by atoms with van der Waals surface area (Å²) in [6.45, 7) is 3.52. The molecular formula is C11H13BrO2. The molecule has 0 saturated heterocycles. The molecule has 3 heteroatoms. The Bertz CT molecular complexity index is 347. The molecular weight excluding hydrogens is 244 g/mol. The fourth-order valence-electron chi connectivity index (χ4n) is 1.37. The van der Waals surface area contributed by atoms with Crippen molar-refractivity contribution < 1.29 is 9.53 Å². The van der Waals surface area contributed by atoms with E-state index in [1.807, 2.05) is 25.1 Å². The van der Waals surface area contributed by atoms with Crippen LogP contribution < -0.4 is 4.74 Å². The Morgan fingerprint density at radius 2 is 2.14 bits per heavy atom. The zero-order valence-electron chi connectivity index (χ0n) is 8.50. The molecule has 1 unspecified atom stereocenters. The highest BCUT2D eigenvalue weighted by Gasteiger charge is 2.17. The maximum atomic E-state index is 11.2. The van der Waals surface area contributed by atoms with Crippen LogP contribution in [0.2, 0.25) is 0 Å². The molecule has 0 radical (unpaired) electrons. The normalized spacial score (nSPS) is 12.3. The molecule has 0 heterocycles. The van der Waals surface area contributed by atoms with Crippen LogP contribution in [0.4, 0.5) is 0 Å². The van der Waals surface area contributed by atoms with E-state index in [9.17, 15) is 4.79 Å². The maximum absolute atomic E-state index is 11.2. The van der Waals surface area contributed by atoms with Crippen LogP contribution in [0, 0.1) is 6.92 Å². The van der Waals surface area contributed by atoms with E-state index in [4.69, 9.17) is 4.74 Å². The van der Waals surface area contributed by atoms with Crippen LogP contribution in [-0.2, 0) is 4.79 Å². The second-order valence-corrected chi connectivity index (χ2v) is 4.09. The van der Waals surface area contributed by atoms with Crippen LogP contribution in [0.25, 0.3) is 0 Å². The van der Waals surface area contributed by atoms with Gasteiger partial charge in [-0.25, -0.2) is 0 Å². The fraction of sp³-hybridized carbons (Fsp3) is 0.364. The number of halogens is 1. The van der Waals surface area contributed by atoms with E-state index >= 15 is 0 Å². The molecule has 14 heavy (non-hydrogen) atoms. The monoisotopic (exact) mass is 256 g/mol. The summed E-state index contributed by atoms with van der Waals surface area (Å²) in [6.07, 6.45) is 0. The Balaban J connectivity index is 3.20. The summed E-state index contributed by atoms with van der Waals surface area (Å²) in [4.78, 5) is 10.9. The number of ketones is 1. The Kier molecular flexibility index (Phi) is 3.69. The lowest BCUT2D eigenvalue weighted by Crippen LogP contribution is -2.04. The molecule has 1 rings (SSSR count). The highest BCUT2D eigenvalue weighted by Crippen LogP contribution is 2.33. The van der Waals surface area contributed by atoms with Crippen molar-refractivity contribution in [2.24, 2.45) is 0 Å². The molecule has 0 saturated carbocycles. The predicted octanol–water partition coefficient (Wildman–Crippen LogP) is 3.03. The smallest absolute Gasteiger partial charge is 0.147 e. The fourth-order valence-corrected chi connectivity index (χ4v) is 1.73. The van der Waals surface area contributed by atoms with Crippen LogP contribution in [0.5, 0.6) is 5.75 Å². The Morgan fingerprint density at radius 3 is 2.64 bits per heavy atom. The second-order valence-electron chi connectivity index (χ2n) is 3.17. The van der Waals surface area contributed by atoms with Gasteiger partial charge in [-0.05, 0) is 19.4 Å². The quantitative estimate of drug-likeness (QED) is 0.778.